The standard InChI is InChI=1S/C28H30ClN3O3/c1-20-7-5-8-21(2)28(20)34-18-6-17-32-25-10-4-3-9-24(25)31-26(32)15-16-30-27(33)19-35-23-13-11-22(29)12-14-23/h3-5,7-14H,6,15-19H2,1-2H3,(H,30,33). The van der Waals surface area contributed by atoms with Crippen LogP contribution in [0.15, 0.2) is 66.7 Å². The van der Waals surface area contributed by atoms with E-state index in [4.69, 9.17) is 26.1 Å². The Hall–Kier alpha value is -3.51. The second kappa shape index (κ2) is 11.8. The molecule has 0 unspecified atom stereocenters. The summed E-state index contributed by atoms with van der Waals surface area (Å²) in [5.74, 6) is 2.34. The number of carbonyl (C=O) groups is 1. The number of nitrogens with zero attached hydrogens (tertiary/aromatic N) is 2. The number of imidazole rings is 1. The van der Waals surface area contributed by atoms with Crippen LogP contribution in [0.1, 0.15) is 23.4 Å². The normalized spacial score (nSPS) is 10.9. The number of rotatable bonds is 11. The molecule has 0 radical (unpaired) electrons. The maximum Gasteiger partial charge on any atom is 0.257 e. The van der Waals surface area contributed by atoms with E-state index in [-0.39, 0.29) is 12.5 Å². The molecule has 0 bridgehead atoms. The van der Waals surface area contributed by atoms with Crippen molar-refractivity contribution in [3.8, 4) is 11.5 Å². The average molecular weight is 492 g/mol. The van der Waals surface area contributed by atoms with E-state index >= 15 is 0 Å². The molecule has 3 aromatic carbocycles. The third kappa shape index (κ3) is 6.55. The molecule has 0 aliphatic carbocycles. The second-order valence-electron chi connectivity index (χ2n) is 8.43. The number of para-hydroxylation sites is 3. The van der Waals surface area contributed by atoms with Gasteiger partial charge in [0.2, 0.25) is 0 Å². The van der Waals surface area contributed by atoms with Gasteiger partial charge in [-0.3, -0.25) is 4.79 Å². The number of carbonyl (C=O) groups excluding carboxylic acids is 1. The predicted molar refractivity (Wildman–Crippen MR) is 139 cm³/mol. The van der Waals surface area contributed by atoms with Gasteiger partial charge in [-0.1, -0.05) is 41.9 Å². The van der Waals surface area contributed by atoms with Crippen molar-refractivity contribution in [2.45, 2.75) is 33.2 Å². The Morgan fingerprint density at radius 2 is 1.71 bits per heavy atom. The molecule has 6 nitrogen and oxygen atoms in total. The fourth-order valence-electron chi connectivity index (χ4n) is 4.03. The highest BCUT2D eigenvalue weighted by Crippen LogP contribution is 2.23. The number of benzene rings is 3. The lowest BCUT2D eigenvalue weighted by Crippen LogP contribution is -2.31. The summed E-state index contributed by atoms with van der Waals surface area (Å²) in [6, 6.07) is 21.2. The lowest BCUT2D eigenvalue weighted by molar-refractivity contribution is -0.123. The molecule has 0 aliphatic heterocycles. The molecular weight excluding hydrogens is 462 g/mol. The Morgan fingerprint density at radius 3 is 2.49 bits per heavy atom. The van der Waals surface area contributed by atoms with E-state index in [1.165, 1.54) is 0 Å². The Bertz CT molecular complexity index is 1260. The molecule has 1 N–H and O–H groups in total. The molecule has 7 heteroatoms. The molecule has 0 saturated carbocycles. The fourth-order valence-corrected chi connectivity index (χ4v) is 4.16. The van der Waals surface area contributed by atoms with Gasteiger partial charge in [0.05, 0.1) is 17.6 Å². The minimum absolute atomic E-state index is 0.0479. The maximum absolute atomic E-state index is 12.2. The molecule has 182 valence electrons. The van der Waals surface area contributed by atoms with E-state index in [2.05, 4.69) is 41.9 Å². The third-order valence-electron chi connectivity index (χ3n) is 5.77. The molecule has 1 amide bonds. The molecule has 0 spiro atoms. The first kappa shape index (κ1) is 24.6. The van der Waals surface area contributed by atoms with Gasteiger partial charge in [0, 0.05) is 24.5 Å². The van der Waals surface area contributed by atoms with Gasteiger partial charge in [0.1, 0.15) is 17.3 Å². The van der Waals surface area contributed by atoms with Crippen molar-refractivity contribution in [3.05, 3.63) is 88.7 Å². The Kier molecular flexibility index (Phi) is 8.27. The van der Waals surface area contributed by atoms with Crippen molar-refractivity contribution >= 4 is 28.5 Å². The second-order valence-corrected chi connectivity index (χ2v) is 8.87. The number of amides is 1. The number of aryl methyl sites for hydroxylation is 3. The van der Waals surface area contributed by atoms with Crippen LogP contribution in [0.2, 0.25) is 5.02 Å². The zero-order chi connectivity index (χ0) is 24.6. The third-order valence-corrected chi connectivity index (χ3v) is 6.02. The van der Waals surface area contributed by atoms with Crippen molar-refractivity contribution in [2.75, 3.05) is 19.8 Å². The van der Waals surface area contributed by atoms with Crippen LogP contribution in [0.3, 0.4) is 0 Å². The van der Waals surface area contributed by atoms with E-state index in [0.717, 1.165) is 46.7 Å². The Morgan fingerprint density at radius 1 is 0.971 bits per heavy atom. The fraction of sp³-hybridized carbons (Fsp3) is 0.286. The van der Waals surface area contributed by atoms with Crippen molar-refractivity contribution in [3.63, 3.8) is 0 Å². The van der Waals surface area contributed by atoms with Crippen LogP contribution in [0.25, 0.3) is 11.0 Å². The summed E-state index contributed by atoms with van der Waals surface area (Å²) in [7, 11) is 0. The maximum atomic E-state index is 12.2. The van der Waals surface area contributed by atoms with Gasteiger partial charge < -0.3 is 19.4 Å². The highest BCUT2D eigenvalue weighted by Gasteiger charge is 2.12. The van der Waals surface area contributed by atoms with Crippen LogP contribution >= 0.6 is 11.6 Å². The molecule has 0 saturated heterocycles. The molecule has 4 rings (SSSR count). The van der Waals surface area contributed by atoms with Crippen molar-refractivity contribution in [1.82, 2.24) is 14.9 Å². The van der Waals surface area contributed by atoms with Crippen LogP contribution in [0, 0.1) is 13.8 Å². The Labute approximate surface area is 210 Å². The van der Waals surface area contributed by atoms with Gasteiger partial charge in [0.25, 0.3) is 5.91 Å². The van der Waals surface area contributed by atoms with Gasteiger partial charge in [-0.2, -0.15) is 0 Å². The molecule has 35 heavy (non-hydrogen) atoms. The number of hydrogen-bond acceptors (Lipinski definition) is 4. The van der Waals surface area contributed by atoms with Crippen molar-refractivity contribution in [1.29, 1.82) is 0 Å². The smallest absolute Gasteiger partial charge is 0.257 e. The summed E-state index contributed by atoms with van der Waals surface area (Å²) < 4.78 is 13.8. The highest BCUT2D eigenvalue weighted by molar-refractivity contribution is 6.30. The van der Waals surface area contributed by atoms with Crippen LogP contribution in [-0.2, 0) is 17.8 Å². The quantitative estimate of drug-likeness (QED) is 0.281. The van der Waals surface area contributed by atoms with Crippen LogP contribution in [-0.4, -0.2) is 35.2 Å². The van der Waals surface area contributed by atoms with E-state index in [9.17, 15) is 4.79 Å². The highest BCUT2D eigenvalue weighted by atomic mass is 35.5. The van der Waals surface area contributed by atoms with Gasteiger partial charge in [-0.25, -0.2) is 4.98 Å². The van der Waals surface area contributed by atoms with Crippen LogP contribution in [0.4, 0.5) is 0 Å². The van der Waals surface area contributed by atoms with Gasteiger partial charge in [-0.15, -0.1) is 0 Å². The van der Waals surface area contributed by atoms with E-state index in [1.807, 2.05) is 24.3 Å². The summed E-state index contributed by atoms with van der Waals surface area (Å²) >= 11 is 5.87. The number of halogens is 1. The summed E-state index contributed by atoms with van der Waals surface area (Å²) in [4.78, 5) is 17.0. The van der Waals surface area contributed by atoms with E-state index in [0.29, 0.717) is 30.3 Å². The SMILES string of the molecule is Cc1cccc(C)c1OCCCn1c(CCNC(=O)COc2ccc(Cl)cc2)nc2ccccc21. The number of hydrogen-bond donors (Lipinski definition) is 1. The largest absolute Gasteiger partial charge is 0.493 e. The first-order valence-electron chi connectivity index (χ1n) is 11.8. The number of fused-ring (bicyclic) bond motifs is 1. The monoisotopic (exact) mass is 491 g/mol. The van der Waals surface area contributed by atoms with Crippen LogP contribution < -0.4 is 14.8 Å². The predicted octanol–water partition coefficient (Wildman–Crippen LogP) is 5.51. The van der Waals surface area contributed by atoms with Gasteiger partial charge >= 0.3 is 0 Å². The van der Waals surface area contributed by atoms with Gasteiger partial charge in [0.15, 0.2) is 6.61 Å². The molecule has 0 fully saturated rings. The molecule has 0 aliphatic rings. The molecular formula is C28H30ClN3O3. The zero-order valence-corrected chi connectivity index (χ0v) is 20.8. The van der Waals surface area contributed by atoms with E-state index in [1.54, 1.807) is 24.3 Å². The first-order chi connectivity index (χ1) is 17.0. The minimum atomic E-state index is -0.176. The summed E-state index contributed by atoms with van der Waals surface area (Å²) in [5.41, 5.74) is 4.34. The molecule has 1 heterocycles. The Balaban J connectivity index is 1.31. The van der Waals surface area contributed by atoms with Crippen molar-refractivity contribution in [2.24, 2.45) is 0 Å². The minimum Gasteiger partial charge on any atom is -0.493 e. The number of nitrogens with one attached hydrogen (secondary N) is 1. The number of aromatic nitrogens is 2. The number of ether oxygens (including phenoxy) is 2. The lowest BCUT2D eigenvalue weighted by atomic mass is 10.1. The summed E-state index contributed by atoms with van der Waals surface area (Å²) in [5, 5.41) is 3.54. The van der Waals surface area contributed by atoms with E-state index < -0.39 is 0 Å². The first-order valence-corrected chi connectivity index (χ1v) is 12.2. The topological polar surface area (TPSA) is 65.4 Å². The summed E-state index contributed by atoms with van der Waals surface area (Å²) in [6.07, 6.45) is 1.47. The van der Waals surface area contributed by atoms with Gasteiger partial charge in [-0.05, 0) is 67.8 Å². The lowest BCUT2D eigenvalue weighted by Gasteiger charge is -2.13. The summed E-state index contributed by atoms with van der Waals surface area (Å²) in [6.45, 7) is 5.97. The molecule has 1 aromatic heterocycles. The molecule has 4 aromatic rings. The average Bonchev–Trinajstić information content (AvgIpc) is 3.20. The zero-order valence-electron chi connectivity index (χ0n) is 20.1. The van der Waals surface area contributed by atoms with Crippen molar-refractivity contribution < 1.29 is 14.3 Å². The molecule has 0 atom stereocenters. The van der Waals surface area contributed by atoms with Crippen LogP contribution in [0.5, 0.6) is 11.5 Å².